The molecule has 0 saturated heterocycles. The summed E-state index contributed by atoms with van der Waals surface area (Å²) in [5.74, 6) is -1.31. The van der Waals surface area contributed by atoms with E-state index in [9.17, 15) is 22.8 Å². The Hall–Kier alpha value is -4.74. The van der Waals surface area contributed by atoms with E-state index in [2.05, 4.69) is 25.6 Å². The highest BCUT2D eigenvalue weighted by Crippen LogP contribution is 2.31. The van der Waals surface area contributed by atoms with Gasteiger partial charge in [-0.3, -0.25) is 9.89 Å². The lowest BCUT2D eigenvalue weighted by Gasteiger charge is -2.24. The number of alkyl halides is 2. The van der Waals surface area contributed by atoms with Crippen molar-refractivity contribution in [3.05, 3.63) is 77.7 Å². The number of amides is 2. The van der Waals surface area contributed by atoms with Crippen LogP contribution in [0.2, 0.25) is 0 Å². The van der Waals surface area contributed by atoms with Gasteiger partial charge >= 0.3 is 12.7 Å². The van der Waals surface area contributed by atoms with Crippen molar-refractivity contribution in [3.63, 3.8) is 0 Å². The van der Waals surface area contributed by atoms with Gasteiger partial charge in [0.25, 0.3) is 5.91 Å². The Labute approximate surface area is 234 Å². The summed E-state index contributed by atoms with van der Waals surface area (Å²) in [6, 6.07) is 14.9. The summed E-state index contributed by atoms with van der Waals surface area (Å²) in [7, 11) is 1.48. The number of aromatic amines is 1. The Kier molecular flexibility index (Phi) is 8.70. The van der Waals surface area contributed by atoms with Crippen LogP contribution in [0.1, 0.15) is 42.7 Å². The lowest BCUT2D eigenvalue weighted by molar-refractivity contribution is -0.0501. The molecular formula is C29H29F3N4O5. The average Bonchev–Trinajstić information content (AvgIpc) is 3.29. The van der Waals surface area contributed by atoms with E-state index in [0.29, 0.717) is 28.0 Å². The molecule has 4 aromatic rings. The van der Waals surface area contributed by atoms with Crippen molar-refractivity contribution in [3.8, 4) is 22.6 Å². The topological polar surface area (TPSA) is 115 Å². The van der Waals surface area contributed by atoms with Crippen LogP contribution in [-0.4, -0.2) is 48.1 Å². The minimum absolute atomic E-state index is 0.0883. The van der Waals surface area contributed by atoms with Crippen LogP contribution in [0.15, 0.2) is 60.7 Å². The molecule has 0 fully saturated rings. The van der Waals surface area contributed by atoms with Gasteiger partial charge in [-0.2, -0.15) is 13.2 Å². The molecule has 1 atom stereocenters. The van der Waals surface area contributed by atoms with Crippen molar-refractivity contribution >= 4 is 22.9 Å². The second-order valence-corrected chi connectivity index (χ2v) is 10.0. The number of H-pyrrole nitrogens is 1. The summed E-state index contributed by atoms with van der Waals surface area (Å²) in [6.07, 6.45) is -0.703. The van der Waals surface area contributed by atoms with Crippen LogP contribution >= 0.6 is 0 Å². The molecule has 0 saturated carbocycles. The molecule has 1 aromatic heterocycles. The molecular weight excluding hydrogens is 541 g/mol. The molecule has 0 bridgehead atoms. The van der Waals surface area contributed by atoms with Gasteiger partial charge in [-0.25, -0.2) is 4.79 Å². The number of methoxy groups -OCH3 is 1. The average molecular weight is 571 g/mol. The summed E-state index contributed by atoms with van der Waals surface area (Å²) in [6.45, 7) is 1.86. The quantitative estimate of drug-likeness (QED) is 0.228. The first-order valence-corrected chi connectivity index (χ1v) is 12.6. The molecule has 12 heteroatoms. The lowest BCUT2D eigenvalue weighted by Crippen LogP contribution is -2.40. The van der Waals surface area contributed by atoms with E-state index in [1.54, 1.807) is 57.2 Å². The number of alkyl carbamates (subject to hydrolysis) is 1. The van der Waals surface area contributed by atoms with Gasteiger partial charge in [-0.15, -0.1) is 5.10 Å². The molecule has 2 amide bonds. The second kappa shape index (κ2) is 12.2. The number of aromatic nitrogens is 2. The molecule has 9 nitrogen and oxygen atoms in total. The molecule has 1 heterocycles. The molecule has 0 aliphatic rings. The zero-order valence-corrected chi connectivity index (χ0v) is 22.8. The summed E-state index contributed by atoms with van der Waals surface area (Å²) >= 11 is 0. The van der Waals surface area contributed by atoms with Gasteiger partial charge in [0, 0.05) is 6.54 Å². The van der Waals surface area contributed by atoms with E-state index in [4.69, 9.17) is 9.47 Å². The molecule has 4 rings (SSSR count). The van der Waals surface area contributed by atoms with Crippen LogP contribution in [0.4, 0.5) is 18.0 Å². The van der Waals surface area contributed by atoms with Gasteiger partial charge < -0.3 is 24.8 Å². The highest BCUT2D eigenvalue weighted by atomic mass is 19.3. The second-order valence-electron chi connectivity index (χ2n) is 10.0. The zero-order chi connectivity index (χ0) is 29.7. The van der Waals surface area contributed by atoms with E-state index < -0.39 is 36.2 Å². The van der Waals surface area contributed by atoms with Crippen LogP contribution < -0.4 is 20.1 Å². The SMILES string of the molecule is COc1cccc(C(CNC(=O)OC(C)(C)C)NC(=O)c2cc(-c3ccc4[nH]nc(F)c4c3)ccc2OC(F)F)c1. The standard InChI is InChI=1S/C29H29F3N4O5/c1-29(2,3)41-28(38)33-15-23(18-6-5-7-19(12-18)39-4)34-26(37)21-14-17(9-11-24(21)40-27(31)32)16-8-10-22-20(13-16)25(30)36-35-22/h5-14,23,27H,15H2,1-4H3,(H,33,38)(H,34,37)(H,35,36). The molecule has 1 unspecified atom stereocenters. The van der Waals surface area contributed by atoms with E-state index in [1.807, 2.05) is 0 Å². The first-order chi connectivity index (χ1) is 19.4. The monoisotopic (exact) mass is 570 g/mol. The van der Waals surface area contributed by atoms with Crippen molar-refractivity contribution in [2.45, 2.75) is 39.0 Å². The molecule has 216 valence electrons. The fraction of sp³-hybridized carbons (Fsp3) is 0.276. The Morgan fingerprint density at radius 3 is 2.46 bits per heavy atom. The Bertz CT molecular complexity index is 1550. The first kappa shape index (κ1) is 29.2. The number of halogens is 3. The number of ether oxygens (including phenoxy) is 3. The van der Waals surface area contributed by atoms with Crippen molar-refractivity contribution < 1.29 is 37.0 Å². The molecule has 0 spiro atoms. The minimum Gasteiger partial charge on any atom is -0.497 e. The third-order valence-corrected chi connectivity index (χ3v) is 5.94. The van der Waals surface area contributed by atoms with Crippen molar-refractivity contribution in [2.75, 3.05) is 13.7 Å². The highest BCUT2D eigenvalue weighted by molar-refractivity contribution is 5.99. The van der Waals surface area contributed by atoms with E-state index >= 15 is 0 Å². The number of nitrogens with one attached hydrogen (secondary N) is 3. The zero-order valence-electron chi connectivity index (χ0n) is 22.8. The van der Waals surface area contributed by atoms with Crippen molar-refractivity contribution in [1.29, 1.82) is 0 Å². The van der Waals surface area contributed by atoms with Gasteiger partial charge in [0.05, 0.1) is 29.6 Å². The number of fused-ring (bicyclic) bond motifs is 1. The maximum atomic E-state index is 14.1. The largest absolute Gasteiger partial charge is 0.497 e. The summed E-state index contributed by atoms with van der Waals surface area (Å²) in [4.78, 5) is 25.9. The van der Waals surface area contributed by atoms with Gasteiger partial charge in [-0.1, -0.05) is 24.3 Å². The van der Waals surface area contributed by atoms with Gasteiger partial charge in [-0.05, 0) is 73.9 Å². The molecule has 0 radical (unpaired) electrons. The molecule has 0 aliphatic heterocycles. The number of hydrogen-bond acceptors (Lipinski definition) is 6. The number of carbonyl (C=O) groups is 2. The predicted molar refractivity (Wildman–Crippen MR) is 146 cm³/mol. The maximum Gasteiger partial charge on any atom is 0.407 e. The van der Waals surface area contributed by atoms with Crippen LogP contribution in [-0.2, 0) is 4.74 Å². The number of rotatable bonds is 9. The Balaban J connectivity index is 1.67. The van der Waals surface area contributed by atoms with Crippen molar-refractivity contribution in [1.82, 2.24) is 20.8 Å². The smallest absolute Gasteiger partial charge is 0.407 e. The van der Waals surface area contributed by atoms with Crippen LogP contribution in [0.25, 0.3) is 22.0 Å². The summed E-state index contributed by atoms with van der Waals surface area (Å²) in [5.41, 5.74) is 1.07. The third kappa shape index (κ3) is 7.47. The van der Waals surface area contributed by atoms with Crippen LogP contribution in [0.5, 0.6) is 11.5 Å². The summed E-state index contributed by atoms with van der Waals surface area (Å²) in [5, 5.41) is 11.7. The third-order valence-electron chi connectivity index (χ3n) is 5.94. The lowest BCUT2D eigenvalue weighted by atomic mass is 10.00. The summed E-state index contributed by atoms with van der Waals surface area (Å²) < 4.78 is 55.8. The van der Waals surface area contributed by atoms with Gasteiger partial charge in [0.2, 0.25) is 5.95 Å². The normalized spacial score (nSPS) is 12.2. The minimum atomic E-state index is -3.19. The maximum absolute atomic E-state index is 14.1. The number of nitrogens with zero attached hydrogens (tertiary/aromatic N) is 1. The molecule has 41 heavy (non-hydrogen) atoms. The Morgan fingerprint density at radius 2 is 1.76 bits per heavy atom. The van der Waals surface area contributed by atoms with E-state index in [1.165, 1.54) is 31.4 Å². The predicted octanol–water partition coefficient (Wildman–Crippen LogP) is 5.97. The van der Waals surface area contributed by atoms with Crippen LogP contribution in [0.3, 0.4) is 0 Å². The van der Waals surface area contributed by atoms with Gasteiger partial charge in [0.15, 0.2) is 0 Å². The van der Waals surface area contributed by atoms with E-state index in [0.717, 1.165) is 0 Å². The van der Waals surface area contributed by atoms with Gasteiger partial charge in [0.1, 0.15) is 17.1 Å². The molecule has 3 N–H and O–H groups in total. The number of benzene rings is 3. The van der Waals surface area contributed by atoms with Crippen molar-refractivity contribution in [2.24, 2.45) is 0 Å². The fourth-order valence-electron chi connectivity index (χ4n) is 4.09. The molecule has 0 aliphatic carbocycles. The number of carbonyl (C=O) groups excluding carboxylic acids is 2. The first-order valence-electron chi connectivity index (χ1n) is 12.6. The molecule has 3 aromatic carbocycles. The highest BCUT2D eigenvalue weighted by Gasteiger charge is 2.24. The number of hydrogen-bond donors (Lipinski definition) is 3. The Morgan fingerprint density at radius 1 is 1.02 bits per heavy atom. The van der Waals surface area contributed by atoms with E-state index in [-0.39, 0.29) is 23.2 Å². The fourth-order valence-corrected chi connectivity index (χ4v) is 4.09. The van der Waals surface area contributed by atoms with Crippen LogP contribution in [0, 0.1) is 5.95 Å².